The molecule has 0 saturated heterocycles. The minimum absolute atomic E-state index is 0.0456. The van der Waals surface area contributed by atoms with Crippen LogP contribution in [0.4, 0.5) is 5.69 Å². The molecular weight excluding hydrogens is 450 g/mol. The number of pyridine rings is 1. The molecule has 0 fully saturated rings. The van der Waals surface area contributed by atoms with Crippen LogP contribution in [0.2, 0.25) is 0 Å². The van der Waals surface area contributed by atoms with E-state index in [0.29, 0.717) is 38.9 Å². The van der Waals surface area contributed by atoms with Crippen molar-refractivity contribution >= 4 is 28.4 Å². The number of nitro benzene ring substituents is 1. The van der Waals surface area contributed by atoms with E-state index in [1.807, 2.05) is 72.2 Å². The molecule has 8 nitrogen and oxygen atoms in total. The highest BCUT2D eigenvalue weighted by Crippen LogP contribution is 2.39. The van der Waals surface area contributed by atoms with Gasteiger partial charge in [0.25, 0.3) is 11.2 Å². The van der Waals surface area contributed by atoms with Crippen molar-refractivity contribution in [2.45, 2.75) is 23.5 Å². The summed E-state index contributed by atoms with van der Waals surface area (Å²) in [7, 11) is 0. The average molecular weight is 470 g/mol. The second-order valence-electron chi connectivity index (χ2n) is 7.53. The molecular formula is C25H19N5O3S. The number of aromatic nitrogens is 4. The van der Waals surface area contributed by atoms with Gasteiger partial charge in [-0.15, -0.1) is 10.2 Å². The molecule has 0 aliphatic heterocycles. The van der Waals surface area contributed by atoms with Crippen molar-refractivity contribution in [1.82, 2.24) is 19.7 Å². The molecule has 1 N–H and O–H groups in total. The predicted octanol–water partition coefficient (Wildman–Crippen LogP) is 5.53. The second kappa shape index (κ2) is 8.95. The molecule has 0 aliphatic rings. The van der Waals surface area contributed by atoms with Gasteiger partial charge in [-0.25, -0.2) is 0 Å². The summed E-state index contributed by atoms with van der Waals surface area (Å²) in [6.07, 6.45) is 0. The van der Waals surface area contributed by atoms with Crippen molar-refractivity contribution < 1.29 is 4.92 Å². The van der Waals surface area contributed by atoms with Crippen LogP contribution in [0.1, 0.15) is 6.92 Å². The first kappa shape index (κ1) is 21.6. The summed E-state index contributed by atoms with van der Waals surface area (Å²) in [6, 6.07) is 23.6. The average Bonchev–Trinajstić information content (AvgIpc) is 3.27. The monoisotopic (exact) mass is 469 g/mol. The molecule has 34 heavy (non-hydrogen) atoms. The van der Waals surface area contributed by atoms with Crippen molar-refractivity contribution in [2.24, 2.45) is 0 Å². The van der Waals surface area contributed by atoms with E-state index < -0.39 is 4.92 Å². The number of aromatic amines is 1. The third-order valence-corrected chi connectivity index (χ3v) is 6.56. The van der Waals surface area contributed by atoms with Crippen LogP contribution in [0.3, 0.4) is 0 Å². The van der Waals surface area contributed by atoms with Gasteiger partial charge in [0.05, 0.1) is 9.82 Å². The third-order valence-electron chi connectivity index (χ3n) is 5.49. The van der Waals surface area contributed by atoms with E-state index in [1.54, 1.807) is 6.07 Å². The number of rotatable bonds is 6. The highest BCUT2D eigenvalue weighted by molar-refractivity contribution is 7.99. The van der Waals surface area contributed by atoms with Crippen LogP contribution in [-0.4, -0.2) is 24.7 Å². The lowest BCUT2D eigenvalue weighted by molar-refractivity contribution is -0.384. The number of hydrogen-bond acceptors (Lipinski definition) is 6. The zero-order chi connectivity index (χ0) is 23.7. The van der Waals surface area contributed by atoms with E-state index in [0.717, 1.165) is 11.1 Å². The topological polar surface area (TPSA) is 107 Å². The first-order valence-electron chi connectivity index (χ1n) is 10.6. The molecule has 3 aromatic carbocycles. The maximum Gasteiger partial charge on any atom is 0.270 e. The molecule has 2 aromatic heterocycles. The first-order valence-corrected chi connectivity index (χ1v) is 11.4. The maximum absolute atomic E-state index is 13.3. The minimum atomic E-state index is -0.439. The Morgan fingerprint density at radius 3 is 2.29 bits per heavy atom. The van der Waals surface area contributed by atoms with Gasteiger partial charge in [0, 0.05) is 40.7 Å². The highest BCUT2D eigenvalue weighted by atomic mass is 32.2. The Morgan fingerprint density at radius 1 is 0.971 bits per heavy atom. The molecule has 0 saturated carbocycles. The molecule has 0 amide bonds. The van der Waals surface area contributed by atoms with Gasteiger partial charge in [0.15, 0.2) is 11.0 Å². The fraction of sp³-hybridized carbons (Fsp3) is 0.0800. The summed E-state index contributed by atoms with van der Waals surface area (Å²) in [5.41, 5.74) is 2.52. The van der Waals surface area contributed by atoms with E-state index in [-0.39, 0.29) is 11.2 Å². The number of nitro groups is 1. The van der Waals surface area contributed by atoms with E-state index in [4.69, 9.17) is 0 Å². The van der Waals surface area contributed by atoms with Crippen LogP contribution in [0.5, 0.6) is 0 Å². The quantitative estimate of drug-likeness (QED) is 0.259. The zero-order valence-corrected chi connectivity index (χ0v) is 19.0. The van der Waals surface area contributed by atoms with Crippen molar-refractivity contribution in [2.75, 3.05) is 0 Å². The summed E-state index contributed by atoms with van der Waals surface area (Å²) < 4.78 is 1.95. The third kappa shape index (κ3) is 3.86. The molecule has 0 bridgehead atoms. The molecule has 5 aromatic rings. The number of fused-ring (bicyclic) bond motifs is 1. The molecule has 168 valence electrons. The second-order valence-corrected chi connectivity index (χ2v) is 8.51. The van der Waals surface area contributed by atoms with Gasteiger partial charge < -0.3 is 9.55 Å². The van der Waals surface area contributed by atoms with E-state index in [9.17, 15) is 14.9 Å². The summed E-state index contributed by atoms with van der Waals surface area (Å²) in [5.74, 6) is 0.708. The normalized spacial score (nSPS) is 11.1. The highest BCUT2D eigenvalue weighted by Gasteiger charge is 2.21. The predicted molar refractivity (Wildman–Crippen MR) is 132 cm³/mol. The SMILES string of the molecule is CCn1c(Sc2c(-c3ccccc3)c3cc([N+](=O)[O-])ccc3[nH]c2=O)nnc1-c1ccccc1. The van der Waals surface area contributed by atoms with Crippen LogP contribution in [0.25, 0.3) is 33.4 Å². The lowest BCUT2D eigenvalue weighted by Crippen LogP contribution is -2.11. The molecule has 5 rings (SSSR count). The van der Waals surface area contributed by atoms with Gasteiger partial charge in [-0.2, -0.15) is 0 Å². The fourth-order valence-corrected chi connectivity index (χ4v) is 4.97. The molecule has 0 aliphatic carbocycles. The van der Waals surface area contributed by atoms with Gasteiger partial charge in [-0.1, -0.05) is 60.7 Å². The fourth-order valence-electron chi connectivity index (χ4n) is 3.91. The Balaban J connectivity index is 1.73. The van der Waals surface area contributed by atoms with Gasteiger partial charge in [-0.05, 0) is 30.3 Å². The Morgan fingerprint density at radius 2 is 1.65 bits per heavy atom. The molecule has 9 heteroatoms. The zero-order valence-electron chi connectivity index (χ0n) is 18.1. The van der Waals surface area contributed by atoms with Crippen molar-refractivity contribution in [3.05, 3.63) is 99.3 Å². The Kier molecular flexibility index (Phi) is 5.69. The number of nitrogens with one attached hydrogen (secondary N) is 1. The molecule has 0 unspecified atom stereocenters. The molecule has 0 atom stereocenters. The number of nitrogens with zero attached hydrogens (tertiary/aromatic N) is 4. The molecule has 0 radical (unpaired) electrons. The van der Waals surface area contributed by atoms with Crippen LogP contribution < -0.4 is 5.56 Å². The van der Waals surface area contributed by atoms with E-state index >= 15 is 0 Å². The van der Waals surface area contributed by atoms with Gasteiger partial charge in [0.2, 0.25) is 0 Å². The van der Waals surface area contributed by atoms with Crippen LogP contribution in [0.15, 0.2) is 93.7 Å². The van der Waals surface area contributed by atoms with Gasteiger partial charge >= 0.3 is 0 Å². The summed E-state index contributed by atoms with van der Waals surface area (Å²) in [6.45, 7) is 2.60. The van der Waals surface area contributed by atoms with Gasteiger partial charge in [-0.3, -0.25) is 14.9 Å². The largest absolute Gasteiger partial charge is 0.321 e. The Bertz CT molecular complexity index is 1560. The molecule has 2 heterocycles. The van der Waals surface area contributed by atoms with E-state index in [1.165, 1.54) is 23.9 Å². The van der Waals surface area contributed by atoms with Crippen molar-refractivity contribution in [3.63, 3.8) is 0 Å². The number of non-ortho nitro benzene ring substituents is 1. The van der Waals surface area contributed by atoms with E-state index in [2.05, 4.69) is 15.2 Å². The van der Waals surface area contributed by atoms with Crippen LogP contribution >= 0.6 is 11.8 Å². The lowest BCUT2D eigenvalue weighted by Gasteiger charge is -2.13. The first-order chi connectivity index (χ1) is 16.6. The summed E-state index contributed by atoms with van der Waals surface area (Å²) in [5, 5.41) is 21.4. The Labute approximate surface area is 198 Å². The Hall–Kier alpha value is -4.24. The smallest absolute Gasteiger partial charge is 0.270 e. The summed E-state index contributed by atoms with van der Waals surface area (Å²) in [4.78, 5) is 27.6. The number of hydrogen-bond donors (Lipinski definition) is 1. The maximum atomic E-state index is 13.3. The summed E-state index contributed by atoms with van der Waals surface area (Å²) >= 11 is 1.21. The van der Waals surface area contributed by atoms with Crippen molar-refractivity contribution in [3.8, 4) is 22.5 Å². The standard InChI is InChI=1S/C25H19N5O3S/c1-2-29-23(17-11-7-4-8-12-17)27-28-25(29)34-22-21(16-9-5-3-6-10-16)19-15-18(30(32)33)13-14-20(19)26-24(22)31/h3-15H,2H2,1H3,(H,26,31). The number of benzene rings is 3. The number of H-pyrrole nitrogens is 1. The van der Waals surface area contributed by atoms with Crippen molar-refractivity contribution in [1.29, 1.82) is 0 Å². The lowest BCUT2D eigenvalue weighted by atomic mass is 10.0. The van der Waals surface area contributed by atoms with Gasteiger partial charge in [0.1, 0.15) is 0 Å². The molecule has 0 spiro atoms. The van der Waals surface area contributed by atoms with Crippen LogP contribution in [0, 0.1) is 10.1 Å². The van der Waals surface area contributed by atoms with Crippen LogP contribution in [-0.2, 0) is 6.54 Å². The minimum Gasteiger partial charge on any atom is -0.321 e.